The number of rotatable bonds is 5. The Morgan fingerprint density at radius 3 is 2.78 bits per heavy atom. The summed E-state index contributed by atoms with van der Waals surface area (Å²) in [6.07, 6.45) is 1.06. The van der Waals surface area contributed by atoms with Crippen molar-refractivity contribution in [2.24, 2.45) is 5.73 Å². The highest BCUT2D eigenvalue weighted by Gasteiger charge is 2.09. The van der Waals surface area contributed by atoms with E-state index in [1.165, 1.54) is 5.56 Å². The Labute approximate surface area is 112 Å². The largest absolute Gasteiger partial charge is 0.491 e. The molecule has 0 aliphatic rings. The first kappa shape index (κ1) is 13.1. The Kier molecular flexibility index (Phi) is 4.39. The number of ether oxygens (including phenoxy) is 1. The van der Waals surface area contributed by atoms with Gasteiger partial charge in [-0.3, -0.25) is 0 Å². The third kappa shape index (κ3) is 3.59. The van der Waals surface area contributed by atoms with Crippen LogP contribution in [0.25, 0.3) is 0 Å². The zero-order chi connectivity index (χ0) is 13.0. The van der Waals surface area contributed by atoms with E-state index in [9.17, 15) is 0 Å². The molecule has 0 bridgehead atoms. The van der Waals surface area contributed by atoms with Crippen molar-refractivity contribution < 1.29 is 4.74 Å². The highest BCUT2D eigenvalue weighted by molar-refractivity contribution is 7.07. The van der Waals surface area contributed by atoms with Crippen molar-refractivity contribution in [1.82, 2.24) is 0 Å². The first-order chi connectivity index (χ1) is 8.65. The molecule has 0 spiro atoms. The van der Waals surface area contributed by atoms with Crippen LogP contribution in [0.2, 0.25) is 0 Å². The SMILES string of the molecule is CC(C)Oc1cccc(C(N)Cc2ccsc2)c1. The van der Waals surface area contributed by atoms with Gasteiger partial charge >= 0.3 is 0 Å². The molecule has 1 aromatic heterocycles. The van der Waals surface area contributed by atoms with Crippen molar-refractivity contribution >= 4 is 11.3 Å². The molecule has 1 unspecified atom stereocenters. The minimum atomic E-state index is 0.0234. The molecule has 0 radical (unpaired) electrons. The van der Waals surface area contributed by atoms with E-state index in [1.807, 2.05) is 32.0 Å². The van der Waals surface area contributed by atoms with Gasteiger partial charge in [-0.1, -0.05) is 12.1 Å². The van der Waals surface area contributed by atoms with Crippen LogP contribution in [0, 0.1) is 0 Å². The van der Waals surface area contributed by atoms with Gasteiger partial charge in [0.1, 0.15) is 5.75 Å². The van der Waals surface area contributed by atoms with E-state index in [-0.39, 0.29) is 12.1 Å². The lowest BCUT2D eigenvalue weighted by molar-refractivity contribution is 0.242. The van der Waals surface area contributed by atoms with Gasteiger partial charge in [-0.15, -0.1) is 0 Å². The zero-order valence-electron chi connectivity index (χ0n) is 10.8. The summed E-state index contributed by atoms with van der Waals surface area (Å²) >= 11 is 1.71. The average molecular weight is 261 g/mol. The van der Waals surface area contributed by atoms with E-state index in [2.05, 4.69) is 22.9 Å². The number of benzene rings is 1. The van der Waals surface area contributed by atoms with Gasteiger partial charge in [0.15, 0.2) is 0 Å². The molecule has 0 saturated carbocycles. The van der Waals surface area contributed by atoms with Crippen LogP contribution in [-0.2, 0) is 6.42 Å². The van der Waals surface area contributed by atoms with Gasteiger partial charge in [-0.2, -0.15) is 11.3 Å². The summed E-state index contributed by atoms with van der Waals surface area (Å²) in [4.78, 5) is 0. The number of hydrogen-bond acceptors (Lipinski definition) is 3. The highest BCUT2D eigenvalue weighted by atomic mass is 32.1. The fourth-order valence-corrected chi connectivity index (χ4v) is 2.55. The predicted octanol–water partition coefficient (Wildman–Crippen LogP) is 3.78. The van der Waals surface area contributed by atoms with Crippen LogP contribution in [-0.4, -0.2) is 6.10 Å². The van der Waals surface area contributed by atoms with Crippen molar-refractivity contribution in [2.45, 2.75) is 32.4 Å². The molecule has 1 atom stereocenters. The molecule has 1 aromatic carbocycles. The highest BCUT2D eigenvalue weighted by Crippen LogP contribution is 2.22. The molecule has 0 fully saturated rings. The molecular formula is C15H19NOS. The fourth-order valence-electron chi connectivity index (χ4n) is 1.87. The van der Waals surface area contributed by atoms with E-state index in [1.54, 1.807) is 11.3 Å². The van der Waals surface area contributed by atoms with E-state index in [0.29, 0.717) is 0 Å². The molecule has 2 nitrogen and oxygen atoms in total. The summed E-state index contributed by atoms with van der Waals surface area (Å²) in [5.74, 6) is 0.892. The van der Waals surface area contributed by atoms with Crippen LogP contribution < -0.4 is 10.5 Å². The minimum Gasteiger partial charge on any atom is -0.491 e. The van der Waals surface area contributed by atoms with E-state index < -0.39 is 0 Å². The van der Waals surface area contributed by atoms with Gasteiger partial charge < -0.3 is 10.5 Å². The summed E-state index contributed by atoms with van der Waals surface area (Å²) in [6.45, 7) is 4.05. The maximum Gasteiger partial charge on any atom is 0.120 e. The summed E-state index contributed by atoms with van der Waals surface area (Å²) < 4.78 is 5.69. The zero-order valence-corrected chi connectivity index (χ0v) is 11.6. The lowest BCUT2D eigenvalue weighted by Gasteiger charge is -2.14. The van der Waals surface area contributed by atoms with Crippen molar-refractivity contribution in [1.29, 1.82) is 0 Å². The molecule has 2 N–H and O–H groups in total. The Morgan fingerprint density at radius 1 is 1.28 bits per heavy atom. The molecule has 3 heteroatoms. The van der Waals surface area contributed by atoms with E-state index in [0.717, 1.165) is 17.7 Å². The Hall–Kier alpha value is -1.32. The van der Waals surface area contributed by atoms with Crippen LogP contribution in [0.3, 0.4) is 0 Å². The summed E-state index contributed by atoms with van der Waals surface area (Å²) in [5.41, 5.74) is 8.65. The molecule has 96 valence electrons. The normalized spacial score (nSPS) is 12.7. The van der Waals surface area contributed by atoms with E-state index >= 15 is 0 Å². The van der Waals surface area contributed by atoms with Crippen molar-refractivity contribution in [3.8, 4) is 5.75 Å². The van der Waals surface area contributed by atoms with Gasteiger partial charge in [0.2, 0.25) is 0 Å². The quantitative estimate of drug-likeness (QED) is 0.889. The van der Waals surface area contributed by atoms with Gasteiger partial charge in [-0.25, -0.2) is 0 Å². The summed E-state index contributed by atoms with van der Waals surface area (Å²) in [6, 6.07) is 10.2. The monoisotopic (exact) mass is 261 g/mol. The van der Waals surface area contributed by atoms with Crippen LogP contribution in [0.4, 0.5) is 0 Å². The van der Waals surface area contributed by atoms with Crippen molar-refractivity contribution in [2.75, 3.05) is 0 Å². The Bertz CT molecular complexity index is 479. The smallest absolute Gasteiger partial charge is 0.120 e. The van der Waals surface area contributed by atoms with Crippen molar-refractivity contribution in [3.63, 3.8) is 0 Å². The third-order valence-electron chi connectivity index (χ3n) is 2.69. The number of hydrogen-bond donors (Lipinski definition) is 1. The van der Waals surface area contributed by atoms with Crippen LogP contribution in [0.5, 0.6) is 5.75 Å². The van der Waals surface area contributed by atoms with Gasteiger partial charge in [0.05, 0.1) is 6.10 Å². The molecule has 2 rings (SSSR count). The standard InChI is InChI=1S/C15H19NOS/c1-11(2)17-14-5-3-4-13(9-14)15(16)8-12-6-7-18-10-12/h3-7,9-11,15H,8,16H2,1-2H3. The Morgan fingerprint density at radius 2 is 2.11 bits per heavy atom. The molecular weight excluding hydrogens is 242 g/mol. The summed E-state index contributed by atoms with van der Waals surface area (Å²) in [7, 11) is 0. The molecule has 18 heavy (non-hydrogen) atoms. The fraction of sp³-hybridized carbons (Fsp3) is 0.333. The second-order valence-corrected chi connectivity index (χ2v) is 5.46. The molecule has 0 aliphatic heterocycles. The second-order valence-electron chi connectivity index (χ2n) is 4.68. The lowest BCUT2D eigenvalue weighted by atomic mass is 10.0. The van der Waals surface area contributed by atoms with Crippen LogP contribution in [0.1, 0.15) is 31.0 Å². The molecule has 0 amide bonds. The van der Waals surface area contributed by atoms with E-state index in [4.69, 9.17) is 10.5 Å². The second kappa shape index (κ2) is 6.03. The number of nitrogens with two attached hydrogens (primary N) is 1. The first-order valence-corrected chi connectivity index (χ1v) is 7.12. The third-order valence-corrected chi connectivity index (χ3v) is 3.43. The maximum absolute atomic E-state index is 6.23. The summed E-state index contributed by atoms with van der Waals surface area (Å²) in [5, 5.41) is 4.23. The van der Waals surface area contributed by atoms with Gasteiger partial charge in [0.25, 0.3) is 0 Å². The van der Waals surface area contributed by atoms with Crippen LogP contribution >= 0.6 is 11.3 Å². The average Bonchev–Trinajstić information content (AvgIpc) is 2.81. The van der Waals surface area contributed by atoms with Crippen molar-refractivity contribution in [3.05, 3.63) is 52.2 Å². The molecule has 1 heterocycles. The topological polar surface area (TPSA) is 35.2 Å². The maximum atomic E-state index is 6.23. The molecule has 0 aliphatic carbocycles. The van der Waals surface area contributed by atoms with Crippen LogP contribution in [0.15, 0.2) is 41.1 Å². The predicted molar refractivity (Wildman–Crippen MR) is 77.2 cm³/mol. The first-order valence-electron chi connectivity index (χ1n) is 6.18. The lowest BCUT2D eigenvalue weighted by Crippen LogP contribution is -2.13. The molecule has 0 saturated heterocycles. The molecule has 2 aromatic rings. The minimum absolute atomic E-state index is 0.0234. The van der Waals surface area contributed by atoms with Gasteiger partial charge in [0, 0.05) is 6.04 Å². The Balaban J connectivity index is 2.07. The number of thiophene rings is 1. The van der Waals surface area contributed by atoms with Gasteiger partial charge in [-0.05, 0) is 60.4 Å².